The normalized spacial score (nSPS) is 10.7. The topological polar surface area (TPSA) is 37.8 Å². The lowest BCUT2D eigenvalue weighted by molar-refractivity contribution is 0.580. The fourth-order valence-corrected chi connectivity index (χ4v) is 2.04. The Kier molecular flexibility index (Phi) is 3.25. The predicted octanol–water partition coefficient (Wildman–Crippen LogP) is 3.52. The van der Waals surface area contributed by atoms with Crippen molar-refractivity contribution in [3.8, 4) is 0 Å². The maximum atomic E-state index is 13.1. The Morgan fingerprint density at radius 2 is 1.70 bits per heavy atom. The Balaban J connectivity index is 1.87. The van der Waals surface area contributed by atoms with Crippen molar-refractivity contribution in [2.75, 3.05) is 5.32 Å². The monoisotopic (exact) mass is 271 g/mol. The SMILES string of the molecule is Fc1cc(F)cc(CNc2ncnc3ccccc23)c1. The van der Waals surface area contributed by atoms with Gasteiger partial charge in [-0.3, -0.25) is 0 Å². The summed E-state index contributed by atoms with van der Waals surface area (Å²) < 4.78 is 26.2. The first kappa shape index (κ1) is 12.5. The summed E-state index contributed by atoms with van der Waals surface area (Å²) in [6, 6.07) is 11.0. The number of nitrogens with one attached hydrogen (secondary N) is 1. The number of hydrogen-bond acceptors (Lipinski definition) is 3. The van der Waals surface area contributed by atoms with Crippen molar-refractivity contribution in [1.82, 2.24) is 9.97 Å². The lowest BCUT2D eigenvalue weighted by Gasteiger charge is -2.08. The first-order valence-electron chi connectivity index (χ1n) is 6.11. The van der Waals surface area contributed by atoms with Crippen LogP contribution in [0, 0.1) is 11.6 Å². The van der Waals surface area contributed by atoms with E-state index in [2.05, 4.69) is 15.3 Å². The number of para-hydroxylation sites is 1. The number of benzene rings is 2. The summed E-state index contributed by atoms with van der Waals surface area (Å²) in [4.78, 5) is 8.31. The zero-order valence-corrected chi connectivity index (χ0v) is 10.5. The molecule has 3 nitrogen and oxygen atoms in total. The van der Waals surface area contributed by atoms with Crippen LogP contribution in [-0.4, -0.2) is 9.97 Å². The van der Waals surface area contributed by atoms with E-state index in [1.54, 1.807) is 0 Å². The molecule has 2 aromatic carbocycles. The Labute approximate surface area is 114 Å². The van der Waals surface area contributed by atoms with E-state index in [4.69, 9.17) is 0 Å². The van der Waals surface area contributed by atoms with Gasteiger partial charge in [0.1, 0.15) is 23.8 Å². The molecule has 0 atom stereocenters. The van der Waals surface area contributed by atoms with E-state index in [1.807, 2.05) is 24.3 Å². The van der Waals surface area contributed by atoms with Gasteiger partial charge in [0.25, 0.3) is 0 Å². The molecule has 0 unspecified atom stereocenters. The van der Waals surface area contributed by atoms with Crippen molar-refractivity contribution in [3.63, 3.8) is 0 Å². The van der Waals surface area contributed by atoms with E-state index < -0.39 is 11.6 Å². The molecule has 1 N–H and O–H groups in total. The number of hydrogen-bond donors (Lipinski definition) is 1. The van der Waals surface area contributed by atoms with Gasteiger partial charge in [-0.15, -0.1) is 0 Å². The van der Waals surface area contributed by atoms with Crippen LogP contribution in [0.4, 0.5) is 14.6 Å². The van der Waals surface area contributed by atoms with Crippen molar-refractivity contribution in [2.45, 2.75) is 6.54 Å². The van der Waals surface area contributed by atoms with Crippen LogP contribution in [-0.2, 0) is 6.54 Å². The predicted molar refractivity (Wildman–Crippen MR) is 73.2 cm³/mol. The second-order valence-corrected chi connectivity index (χ2v) is 4.37. The molecule has 20 heavy (non-hydrogen) atoms. The third-order valence-corrected chi connectivity index (χ3v) is 2.93. The average molecular weight is 271 g/mol. The summed E-state index contributed by atoms with van der Waals surface area (Å²) in [7, 11) is 0. The second kappa shape index (κ2) is 5.21. The highest BCUT2D eigenvalue weighted by Gasteiger charge is 2.04. The lowest BCUT2D eigenvalue weighted by atomic mass is 10.2. The molecule has 0 aliphatic rings. The van der Waals surface area contributed by atoms with Crippen LogP contribution in [0.5, 0.6) is 0 Å². The Morgan fingerprint density at radius 3 is 2.50 bits per heavy atom. The molecule has 3 rings (SSSR count). The van der Waals surface area contributed by atoms with Crippen molar-refractivity contribution < 1.29 is 8.78 Å². The molecule has 0 spiro atoms. The van der Waals surface area contributed by atoms with Gasteiger partial charge in [-0.05, 0) is 29.8 Å². The summed E-state index contributed by atoms with van der Waals surface area (Å²) >= 11 is 0. The highest BCUT2D eigenvalue weighted by molar-refractivity contribution is 5.88. The zero-order chi connectivity index (χ0) is 13.9. The number of halogens is 2. The Morgan fingerprint density at radius 1 is 0.950 bits per heavy atom. The number of rotatable bonds is 3. The fourth-order valence-electron chi connectivity index (χ4n) is 2.04. The van der Waals surface area contributed by atoms with E-state index in [0.717, 1.165) is 17.0 Å². The maximum absolute atomic E-state index is 13.1. The summed E-state index contributed by atoms with van der Waals surface area (Å²) in [5.74, 6) is -0.538. The van der Waals surface area contributed by atoms with Gasteiger partial charge in [0, 0.05) is 18.0 Å². The van der Waals surface area contributed by atoms with Gasteiger partial charge in [-0.25, -0.2) is 18.7 Å². The highest BCUT2D eigenvalue weighted by atomic mass is 19.1. The molecule has 0 saturated carbocycles. The van der Waals surface area contributed by atoms with Gasteiger partial charge < -0.3 is 5.32 Å². The summed E-state index contributed by atoms with van der Waals surface area (Å²) in [5, 5.41) is 3.94. The number of aromatic nitrogens is 2. The first-order chi connectivity index (χ1) is 9.72. The molecular formula is C15H11F2N3. The zero-order valence-electron chi connectivity index (χ0n) is 10.5. The molecule has 0 fully saturated rings. The maximum Gasteiger partial charge on any atom is 0.137 e. The van der Waals surface area contributed by atoms with Crippen LogP contribution in [0.1, 0.15) is 5.56 Å². The Bertz CT molecular complexity index is 733. The third kappa shape index (κ3) is 2.56. The third-order valence-electron chi connectivity index (χ3n) is 2.93. The molecule has 1 aromatic heterocycles. The van der Waals surface area contributed by atoms with Crippen LogP contribution in [0.2, 0.25) is 0 Å². The molecule has 0 saturated heterocycles. The molecule has 0 aliphatic heterocycles. The van der Waals surface area contributed by atoms with Gasteiger partial charge in [-0.1, -0.05) is 12.1 Å². The van der Waals surface area contributed by atoms with Gasteiger partial charge >= 0.3 is 0 Å². The molecule has 5 heteroatoms. The van der Waals surface area contributed by atoms with Gasteiger partial charge in [0.2, 0.25) is 0 Å². The van der Waals surface area contributed by atoms with E-state index in [1.165, 1.54) is 18.5 Å². The number of anilines is 1. The minimum absolute atomic E-state index is 0.287. The average Bonchev–Trinajstić information content (AvgIpc) is 2.44. The van der Waals surface area contributed by atoms with Gasteiger partial charge in [0.05, 0.1) is 5.52 Å². The van der Waals surface area contributed by atoms with Crippen LogP contribution in [0.25, 0.3) is 10.9 Å². The fraction of sp³-hybridized carbons (Fsp3) is 0.0667. The van der Waals surface area contributed by atoms with E-state index in [-0.39, 0.29) is 6.54 Å². The Hall–Kier alpha value is -2.56. The van der Waals surface area contributed by atoms with E-state index in [9.17, 15) is 8.78 Å². The number of fused-ring (bicyclic) bond motifs is 1. The van der Waals surface area contributed by atoms with Crippen LogP contribution < -0.4 is 5.32 Å². The molecule has 1 heterocycles. The van der Waals surface area contributed by atoms with Gasteiger partial charge in [0.15, 0.2) is 0 Å². The first-order valence-corrected chi connectivity index (χ1v) is 6.11. The molecule has 0 radical (unpaired) electrons. The quantitative estimate of drug-likeness (QED) is 0.792. The molecule has 3 aromatic rings. The van der Waals surface area contributed by atoms with Crippen molar-refractivity contribution in [2.24, 2.45) is 0 Å². The molecule has 0 bridgehead atoms. The highest BCUT2D eigenvalue weighted by Crippen LogP contribution is 2.19. The van der Waals surface area contributed by atoms with E-state index in [0.29, 0.717) is 11.4 Å². The van der Waals surface area contributed by atoms with Crippen molar-refractivity contribution >= 4 is 16.7 Å². The van der Waals surface area contributed by atoms with Crippen molar-refractivity contribution in [1.29, 1.82) is 0 Å². The minimum Gasteiger partial charge on any atom is -0.365 e. The van der Waals surface area contributed by atoms with Crippen LogP contribution in [0.15, 0.2) is 48.8 Å². The minimum atomic E-state index is -0.589. The second-order valence-electron chi connectivity index (χ2n) is 4.37. The lowest BCUT2D eigenvalue weighted by Crippen LogP contribution is -2.03. The smallest absolute Gasteiger partial charge is 0.137 e. The standard InChI is InChI=1S/C15H11F2N3/c16-11-5-10(6-12(17)7-11)8-18-15-13-3-1-2-4-14(13)19-9-20-15/h1-7,9H,8H2,(H,18,19,20). The molecule has 0 aliphatic carbocycles. The summed E-state index contributed by atoms with van der Waals surface area (Å²) in [6.07, 6.45) is 1.46. The molecule has 0 amide bonds. The van der Waals surface area contributed by atoms with Crippen molar-refractivity contribution in [3.05, 3.63) is 66.0 Å². The molecule has 100 valence electrons. The van der Waals surface area contributed by atoms with Gasteiger partial charge in [-0.2, -0.15) is 0 Å². The summed E-state index contributed by atoms with van der Waals surface area (Å²) in [6.45, 7) is 0.287. The van der Waals surface area contributed by atoms with Crippen LogP contribution in [0.3, 0.4) is 0 Å². The summed E-state index contributed by atoms with van der Waals surface area (Å²) in [5.41, 5.74) is 1.33. The van der Waals surface area contributed by atoms with E-state index >= 15 is 0 Å². The number of nitrogens with zero attached hydrogens (tertiary/aromatic N) is 2. The van der Waals surface area contributed by atoms with Crippen LogP contribution >= 0.6 is 0 Å². The largest absolute Gasteiger partial charge is 0.365 e. The molecular weight excluding hydrogens is 260 g/mol.